The van der Waals surface area contributed by atoms with Gasteiger partial charge in [-0.2, -0.15) is 0 Å². The van der Waals surface area contributed by atoms with Crippen molar-refractivity contribution in [1.29, 1.82) is 0 Å². The lowest BCUT2D eigenvalue weighted by Crippen LogP contribution is -2.35. The second-order valence-electron chi connectivity index (χ2n) is 5.60. The first kappa shape index (κ1) is 19.2. The van der Waals surface area contributed by atoms with Crippen molar-refractivity contribution in [2.75, 3.05) is 26.2 Å². The molecule has 20 heavy (non-hydrogen) atoms. The Bertz CT molecular complexity index is 222. The highest BCUT2D eigenvalue weighted by Crippen LogP contribution is 2.01. The molecule has 0 amide bonds. The van der Waals surface area contributed by atoms with Crippen LogP contribution in [0.2, 0.25) is 0 Å². The third kappa shape index (κ3) is 11.0. The highest BCUT2D eigenvalue weighted by Gasteiger charge is 2.10. The monoisotopic (exact) mass is 290 g/mol. The van der Waals surface area contributed by atoms with E-state index in [9.17, 15) is 20.4 Å². The van der Waals surface area contributed by atoms with E-state index in [1.807, 2.05) is 9.80 Å². The van der Waals surface area contributed by atoms with Gasteiger partial charge in [0.1, 0.15) is 0 Å². The first-order valence-electron chi connectivity index (χ1n) is 7.09. The van der Waals surface area contributed by atoms with E-state index >= 15 is 0 Å². The average molecular weight is 290 g/mol. The highest BCUT2D eigenvalue weighted by molar-refractivity contribution is 4.86. The topological polar surface area (TPSA) is 87.4 Å². The standard InChI is InChI=1S/C14H30N2O4/c1-11(17)7-15(8-12(2)18)5-6-16(9-13(3)19)10-14(4)20/h5-6,11-14,17-20H,7-10H2,1-4H3. The van der Waals surface area contributed by atoms with E-state index in [0.717, 1.165) is 0 Å². The van der Waals surface area contributed by atoms with Gasteiger partial charge in [-0.25, -0.2) is 0 Å². The molecule has 0 aliphatic carbocycles. The zero-order chi connectivity index (χ0) is 15.7. The van der Waals surface area contributed by atoms with Crippen molar-refractivity contribution in [2.45, 2.75) is 52.1 Å². The van der Waals surface area contributed by atoms with Crippen molar-refractivity contribution in [3.63, 3.8) is 0 Å². The summed E-state index contributed by atoms with van der Waals surface area (Å²) in [7, 11) is 0. The largest absolute Gasteiger partial charge is 0.392 e. The second kappa shape index (κ2) is 9.99. The Hall–Kier alpha value is -0.820. The maximum absolute atomic E-state index is 9.44. The summed E-state index contributed by atoms with van der Waals surface area (Å²) in [5.74, 6) is 0. The zero-order valence-corrected chi connectivity index (χ0v) is 13.0. The van der Waals surface area contributed by atoms with Gasteiger partial charge < -0.3 is 30.2 Å². The van der Waals surface area contributed by atoms with Crippen molar-refractivity contribution >= 4 is 0 Å². The molecule has 0 radical (unpaired) electrons. The molecule has 0 saturated heterocycles. The SMILES string of the molecule is CC(O)CN(C=CN(CC(C)O)CC(C)O)CC(C)O. The van der Waals surface area contributed by atoms with Gasteiger partial charge >= 0.3 is 0 Å². The van der Waals surface area contributed by atoms with Crippen LogP contribution in [0.25, 0.3) is 0 Å². The molecule has 0 fully saturated rings. The lowest BCUT2D eigenvalue weighted by atomic mass is 10.3. The van der Waals surface area contributed by atoms with Crippen LogP contribution in [0.15, 0.2) is 12.4 Å². The van der Waals surface area contributed by atoms with E-state index in [1.165, 1.54) is 0 Å². The molecule has 4 atom stereocenters. The molecule has 0 saturated carbocycles. The molecular weight excluding hydrogens is 260 g/mol. The Kier molecular flexibility index (Phi) is 9.58. The minimum Gasteiger partial charge on any atom is -0.392 e. The molecular formula is C14H30N2O4. The Morgan fingerprint density at radius 2 is 0.800 bits per heavy atom. The van der Waals surface area contributed by atoms with Gasteiger partial charge in [0.25, 0.3) is 0 Å². The molecule has 6 heteroatoms. The molecule has 0 heterocycles. The fourth-order valence-electron chi connectivity index (χ4n) is 1.94. The van der Waals surface area contributed by atoms with Crippen molar-refractivity contribution in [3.05, 3.63) is 12.4 Å². The molecule has 0 aliphatic heterocycles. The normalized spacial score (nSPS) is 17.8. The van der Waals surface area contributed by atoms with E-state index < -0.39 is 24.4 Å². The lowest BCUT2D eigenvalue weighted by molar-refractivity contribution is 0.0996. The summed E-state index contributed by atoms with van der Waals surface area (Å²) in [4.78, 5) is 3.62. The van der Waals surface area contributed by atoms with E-state index in [0.29, 0.717) is 26.2 Å². The number of hydrogen-bond acceptors (Lipinski definition) is 6. The van der Waals surface area contributed by atoms with Crippen LogP contribution in [0, 0.1) is 0 Å². The smallest absolute Gasteiger partial charge is 0.0686 e. The summed E-state index contributed by atoms with van der Waals surface area (Å²) in [6.07, 6.45) is 1.54. The van der Waals surface area contributed by atoms with Crippen LogP contribution < -0.4 is 0 Å². The Morgan fingerprint density at radius 1 is 0.600 bits per heavy atom. The minimum absolute atomic E-state index is 0.415. The van der Waals surface area contributed by atoms with Gasteiger partial charge in [-0.3, -0.25) is 0 Å². The van der Waals surface area contributed by atoms with Crippen molar-refractivity contribution < 1.29 is 20.4 Å². The highest BCUT2D eigenvalue weighted by atomic mass is 16.3. The second-order valence-corrected chi connectivity index (χ2v) is 5.60. The van der Waals surface area contributed by atoms with E-state index in [2.05, 4.69) is 0 Å². The van der Waals surface area contributed by atoms with Gasteiger partial charge in [-0.15, -0.1) is 0 Å². The van der Waals surface area contributed by atoms with Gasteiger partial charge in [0.2, 0.25) is 0 Å². The molecule has 6 nitrogen and oxygen atoms in total. The summed E-state index contributed by atoms with van der Waals surface area (Å²) in [5.41, 5.74) is 0. The number of rotatable bonds is 10. The molecule has 0 aromatic heterocycles. The van der Waals surface area contributed by atoms with Crippen molar-refractivity contribution in [3.8, 4) is 0 Å². The van der Waals surface area contributed by atoms with Crippen LogP contribution in [0.4, 0.5) is 0 Å². The third-order valence-electron chi connectivity index (χ3n) is 2.48. The van der Waals surface area contributed by atoms with Crippen LogP contribution in [-0.4, -0.2) is 80.8 Å². The van der Waals surface area contributed by atoms with Crippen molar-refractivity contribution in [2.24, 2.45) is 0 Å². The number of hydrogen-bond donors (Lipinski definition) is 4. The Morgan fingerprint density at radius 3 is 0.950 bits per heavy atom. The summed E-state index contributed by atoms with van der Waals surface area (Å²) in [6, 6.07) is 0. The summed E-state index contributed by atoms with van der Waals surface area (Å²) in [6.45, 7) is 8.41. The van der Waals surface area contributed by atoms with E-state index in [1.54, 1.807) is 40.1 Å². The van der Waals surface area contributed by atoms with E-state index in [-0.39, 0.29) is 0 Å². The quantitative estimate of drug-likeness (QED) is 0.437. The number of aliphatic hydroxyl groups excluding tert-OH is 4. The van der Waals surface area contributed by atoms with Gasteiger partial charge in [0.15, 0.2) is 0 Å². The Labute approximate surface area is 121 Å². The summed E-state index contributed by atoms with van der Waals surface area (Å²) in [5, 5.41) is 37.8. The van der Waals surface area contributed by atoms with Crippen LogP contribution >= 0.6 is 0 Å². The van der Waals surface area contributed by atoms with E-state index in [4.69, 9.17) is 0 Å². The van der Waals surface area contributed by atoms with Gasteiger partial charge in [0, 0.05) is 38.6 Å². The Balaban J connectivity index is 4.64. The molecule has 4 unspecified atom stereocenters. The predicted octanol–water partition coefficient (Wildman–Crippen LogP) is -0.415. The molecule has 0 bridgehead atoms. The molecule has 0 aromatic carbocycles. The lowest BCUT2D eigenvalue weighted by Gasteiger charge is -2.27. The number of nitrogens with zero attached hydrogens (tertiary/aromatic N) is 2. The number of aliphatic hydroxyl groups is 4. The molecule has 0 rings (SSSR count). The minimum atomic E-state index is -0.500. The van der Waals surface area contributed by atoms with Crippen LogP contribution in [0.1, 0.15) is 27.7 Å². The van der Waals surface area contributed by atoms with Gasteiger partial charge in [-0.05, 0) is 27.7 Å². The fourth-order valence-corrected chi connectivity index (χ4v) is 1.94. The first-order valence-corrected chi connectivity index (χ1v) is 7.09. The predicted molar refractivity (Wildman–Crippen MR) is 79.0 cm³/mol. The first-order chi connectivity index (χ1) is 9.20. The van der Waals surface area contributed by atoms with Crippen molar-refractivity contribution in [1.82, 2.24) is 9.80 Å². The molecule has 0 aliphatic rings. The molecule has 0 aromatic rings. The molecule has 0 spiro atoms. The summed E-state index contributed by atoms with van der Waals surface area (Å²) >= 11 is 0. The van der Waals surface area contributed by atoms with Crippen LogP contribution in [0.3, 0.4) is 0 Å². The van der Waals surface area contributed by atoms with Gasteiger partial charge in [-0.1, -0.05) is 0 Å². The third-order valence-corrected chi connectivity index (χ3v) is 2.48. The van der Waals surface area contributed by atoms with Crippen LogP contribution in [-0.2, 0) is 0 Å². The van der Waals surface area contributed by atoms with Gasteiger partial charge in [0.05, 0.1) is 24.4 Å². The maximum Gasteiger partial charge on any atom is 0.0686 e. The fraction of sp³-hybridized carbons (Fsp3) is 0.857. The zero-order valence-electron chi connectivity index (χ0n) is 13.0. The average Bonchev–Trinajstić information content (AvgIpc) is 2.22. The maximum atomic E-state index is 9.44. The summed E-state index contributed by atoms with van der Waals surface area (Å²) < 4.78 is 0. The molecule has 4 N–H and O–H groups in total. The molecule has 120 valence electrons. The van der Waals surface area contributed by atoms with Crippen LogP contribution in [0.5, 0.6) is 0 Å².